The van der Waals surface area contributed by atoms with Gasteiger partial charge in [-0.3, -0.25) is 53.2 Å². The van der Waals surface area contributed by atoms with Crippen LogP contribution in [0, 0.1) is 39.9 Å². The van der Waals surface area contributed by atoms with Crippen molar-refractivity contribution in [2.75, 3.05) is 91.6 Å². The molecule has 0 bridgehead atoms. The van der Waals surface area contributed by atoms with Crippen LogP contribution >= 0.6 is 0 Å². The monoisotopic (exact) mass is 893 g/mol. The molecule has 4 amide bonds. The van der Waals surface area contributed by atoms with Gasteiger partial charge in [0.1, 0.15) is 12.1 Å². The number of aliphatic carboxylic acids is 3. The number of hydrogen-bond acceptors (Lipinski definition) is 13. The number of nitrogens with one attached hydrogen (secondary N) is 2. The van der Waals surface area contributed by atoms with Crippen LogP contribution in [0.3, 0.4) is 0 Å². The molecular formula is C32H49GdN9O11. The normalized spacial score (nSPS) is 21.6. The zero-order valence-corrected chi connectivity index (χ0v) is 31.5. The Labute approximate surface area is 338 Å². The van der Waals surface area contributed by atoms with Gasteiger partial charge in [-0.25, -0.2) is 0 Å². The first-order valence-electron chi connectivity index (χ1n) is 16.8. The summed E-state index contributed by atoms with van der Waals surface area (Å²) in [5, 5.41) is 45.3. The van der Waals surface area contributed by atoms with E-state index in [1.807, 2.05) is 0 Å². The van der Waals surface area contributed by atoms with Crippen LogP contribution in [0.1, 0.15) is 5.56 Å². The molecule has 0 spiro atoms. The van der Waals surface area contributed by atoms with Crippen molar-refractivity contribution >= 4 is 41.5 Å². The van der Waals surface area contributed by atoms with E-state index in [0.29, 0.717) is 5.56 Å². The summed E-state index contributed by atoms with van der Waals surface area (Å²) in [7, 11) is 0. The number of carbonyl (C=O) groups excluding carboxylic acids is 4. The molecular weight excluding hydrogens is 844 g/mol. The first kappa shape index (κ1) is 45.8. The van der Waals surface area contributed by atoms with Gasteiger partial charge in [-0.2, -0.15) is 0 Å². The van der Waals surface area contributed by atoms with Crippen LogP contribution in [0.2, 0.25) is 0 Å². The predicted octanol–water partition coefficient (Wildman–Crippen LogP) is -5.31. The third kappa shape index (κ3) is 15.1. The molecule has 2 aliphatic rings. The van der Waals surface area contributed by atoms with E-state index in [1.165, 1.54) is 0 Å². The number of nitrogens with two attached hydrogens (primary N) is 2. The molecule has 20 nitrogen and oxygen atoms in total. The number of β-amino-alcohol motifs (C(OH)–C–C–N with tert-alkyl or cyclic N) is 1. The number of amides is 4. The van der Waals surface area contributed by atoms with Gasteiger partial charge < -0.3 is 47.4 Å². The maximum atomic E-state index is 14.3. The molecule has 10 N–H and O–H groups in total. The number of primary amides is 1. The second-order valence-electron chi connectivity index (χ2n) is 12.7. The Morgan fingerprint density at radius 1 is 0.774 bits per heavy atom. The molecule has 2 heterocycles. The number of rotatable bonds is 15. The Morgan fingerprint density at radius 3 is 1.68 bits per heavy atom. The molecule has 21 heteroatoms. The number of carboxylic acid groups (broad SMARTS) is 3. The molecule has 2 fully saturated rings. The second kappa shape index (κ2) is 22.7. The summed E-state index contributed by atoms with van der Waals surface area (Å²) in [4.78, 5) is 94.9. The van der Waals surface area contributed by atoms with E-state index in [1.54, 1.807) is 49.9 Å². The van der Waals surface area contributed by atoms with E-state index in [2.05, 4.69) is 10.6 Å². The first-order chi connectivity index (χ1) is 24.7. The Morgan fingerprint density at radius 2 is 1.25 bits per heavy atom. The van der Waals surface area contributed by atoms with Crippen LogP contribution in [0.4, 0.5) is 0 Å². The Bertz CT molecular complexity index is 1390. The van der Waals surface area contributed by atoms with Gasteiger partial charge in [0.05, 0.1) is 44.9 Å². The molecule has 3 rings (SSSR count). The number of aliphatic hydroxyl groups excluding tert-OH is 1. The zero-order chi connectivity index (χ0) is 38.4. The van der Waals surface area contributed by atoms with Crippen LogP contribution in [0.15, 0.2) is 30.3 Å². The van der Waals surface area contributed by atoms with Crippen molar-refractivity contribution in [2.45, 2.75) is 30.7 Å². The molecule has 2 aliphatic heterocycles. The average molecular weight is 893 g/mol. The molecule has 53 heavy (non-hydrogen) atoms. The number of likely N-dealkylation sites (tertiary alicyclic amines) is 1. The summed E-state index contributed by atoms with van der Waals surface area (Å²) >= 11 is 0. The van der Waals surface area contributed by atoms with Gasteiger partial charge in [-0.05, 0) is 5.56 Å². The molecule has 0 aromatic heterocycles. The third-order valence-electron chi connectivity index (χ3n) is 8.90. The average Bonchev–Trinajstić information content (AvgIpc) is 3.42. The number of hydrogen-bond donors (Lipinski definition) is 8. The van der Waals surface area contributed by atoms with Crippen LogP contribution in [-0.4, -0.2) is 202 Å². The van der Waals surface area contributed by atoms with E-state index >= 15 is 0 Å². The largest absolute Gasteiger partial charge is 0.480 e. The minimum atomic E-state index is -1.44. The van der Waals surface area contributed by atoms with E-state index in [9.17, 15) is 54.0 Å². The molecule has 0 radical (unpaired) electrons. The second-order valence-corrected chi connectivity index (χ2v) is 12.7. The fraction of sp³-hybridized carbons (Fsp3) is 0.594. The van der Waals surface area contributed by atoms with Crippen molar-refractivity contribution in [3.05, 3.63) is 35.9 Å². The maximum absolute atomic E-state index is 14.3. The van der Waals surface area contributed by atoms with Crippen LogP contribution in [-0.2, 0) is 40.0 Å². The van der Waals surface area contributed by atoms with Gasteiger partial charge in [0.2, 0.25) is 23.6 Å². The van der Waals surface area contributed by atoms with Gasteiger partial charge in [0, 0.05) is 105 Å². The van der Waals surface area contributed by atoms with Crippen molar-refractivity contribution in [3.8, 4) is 0 Å². The van der Waals surface area contributed by atoms with Gasteiger partial charge >= 0.3 is 17.9 Å². The smallest absolute Gasteiger partial charge is 0.317 e. The number of nitrogens with zero attached hydrogens (tertiary/aromatic N) is 5. The molecule has 0 saturated carbocycles. The van der Waals surface area contributed by atoms with Crippen molar-refractivity contribution in [2.24, 2.45) is 11.5 Å². The molecule has 4 atom stereocenters. The van der Waals surface area contributed by atoms with Crippen LogP contribution < -0.4 is 22.1 Å². The molecule has 1 unspecified atom stereocenters. The maximum Gasteiger partial charge on any atom is 0.317 e. The zero-order valence-electron chi connectivity index (χ0n) is 29.2. The molecule has 1 aromatic carbocycles. The van der Waals surface area contributed by atoms with E-state index < -0.39 is 91.9 Å². The Balaban J connectivity index is 0.00000972. The SMILES string of the molecule is NCC(=O)N[C@@H](Cc1ccccc1)C(=O)N1C[C@H](O)C(N2CCN(CC(=O)O)CCN(CC(=O)O)CCN(CC(=O)O)CC2)[C@H]1C(=O)NCC(N)=O.[Gd]. The van der Waals surface area contributed by atoms with Crippen LogP contribution in [0.5, 0.6) is 0 Å². The summed E-state index contributed by atoms with van der Waals surface area (Å²) in [5.74, 6) is -6.41. The van der Waals surface area contributed by atoms with Crippen molar-refractivity contribution in [1.29, 1.82) is 0 Å². The number of aliphatic hydroxyl groups is 1. The summed E-state index contributed by atoms with van der Waals surface area (Å²) < 4.78 is 0. The van der Waals surface area contributed by atoms with Gasteiger partial charge in [0.15, 0.2) is 0 Å². The Kier molecular flexibility index (Phi) is 19.6. The van der Waals surface area contributed by atoms with Crippen LogP contribution in [0.25, 0.3) is 0 Å². The predicted molar refractivity (Wildman–Crippen MR) is 182 cm³/mol. The quantitative estimate of drug-likeness (QED) is 0.0816. The van der Waals surface area contributed by atoms with Gasteiger partial charge in [-0.1, -0.05) is 30.3 Å². The molecule has 2 saturated heterocycles. The van der Waals surface area contributed by atoms with E-state index in [4.69, 9.17) is 11.5 Å². The summed E-state index contributed by atoms with van der Waals surface area (Å²) in [6.07, 6.45) is -1.34. The molecule has 1 aromatic rings. The van der Waals surface area contributed by atoms with Crippen molar-refractivity contribution < 1.29 is 93.9 Å². The fourth-order valence-corrected chi connectivity index (χ4v) is 6.47. The minimum absolute atomic E-state index is 0. The summed E-state index contributed by atoms with van der Waals surface area (Å²) in [5.41, 5.74) is 11.5. The first-order valence-corrected chi connectivity index (χ1v) is 16.8. The number of benzene rings is 1. The van der Waals surface area contributed by atoms with Gasteiger partial charge in [-0.15, -0.1) is 0 Å². The summed E-state index contributed by atoms with van der Waals surface area (Å²) in [6.45, 7) is -1.71. The minimum Gasteiger partial charge on any atom is -0.480 e. The topological polar surface area (TPSA) is 293 Å². The van der Waals surface area contributed by atoms with Crippen molar-refractivity contribution in [3.63, 3.8) is 0 Å². The van der Waals surface area contributed by atoms with E-state index in [-0.39, 0.29) is 112 Å². The fourth-order valence-electron chi connectivity index (χ4n) is 6.47. The number of carboxylic acids is 3. The summed E-state index contributed by atoms with van der Waals surface area (Å²) in [6, 6.07) is 5.00. The standard InChI is InChI=1S/C32H49N9O11.Gd/c33-15-25(44)36-22(14-21-4-2-1-3-5-21)32(52)41-17-23(42)29(30(41)31(51)35-16-24(34)43)40-12-10-38(19-27(47)48)8-6-37(18-26(45)46)7-9-39(11-13-40)20-28(49)50;/h1-5,22-23,29-30,42H,6-20,33H2,(H2,34,43)(H,35,51)(H,36,44)(H,45,46)(H,47,48)(H,49,50);/t22-,23-,29?,30-;/m0./s1. The molecule has 0 aliphatic carbocycles. The molecule has 296 valence electrons. The third-order valence-corrected chi connectivity index (χ3v) is 8.90. The van der Waals surface area contributed by atoms with E-state index in [0.717, 1.165) is 4.90 Å². The van der Waals surface area contributed by atoms with Gasteiger partial charge in [0.25, 0.3) is 0 Å². The Hall–Kier alpha value is -3.41. The van der Waals surface area contributed by atoms with Crippen molar-refractivity contribution in [1.82, 2.24) is 35.1 Å². The number of carbonyl (C=O) groups is 7.